The Bertz CT molecular complexity index is 804. The van der Waals surface area contributed by atoms with E-state index in [0.29, 0.717) is 23.3 Å². The first kappa shape index (κ1) is 21.2. The minimum atomic E-state index is -4.52. The van der Waals surface area contributed by atoms with Crippen LogP contribution in [0, 0.1) is 0 Å². The van der Waals surface area contributed by atoms with E-state index in [4.69, 9.17) is 9.47 Å². The third-order valence-electron chi connectivity index (χ3n) is 3.95. The van der Waals surface area contributed by atoms with Crippen molar-refractivity contribution < 1.29 is 27.4 Å². The van der Waals surface area contributed by atoms with Gasteiger partial charge < -0.3 is 9.47 Å². The summed E-state index contributed by atoms with van der Waals surface area (Å²) in [5.41, 5.74) is 0.312. The van der Waals surface area contributed by atoms with Crippen LogP contribution in [0.4, 0.5) is 13.2 Å². The Hall–Kier alpha value is -2.15. The molecule has 0 unspecified atom stereocenters. The van der Waals surface area contributed by atoms with E-state index >= 15 is 0 Å². The second-order valence-electron chi connectivity index (χ2n) is 5.74. The van der Waals surface area contributed by atoms with Crippen LogP contribution < -0.4 is 9.47 Å². The van der Waals surface area contributed by atoms with E-state index in [-0.39, 0.29) is 18.8 Å². The summed E-state index contributed by atoms with van der Waals surface area (Å²) in [4.78, 5) is 12.4. The Morgan fingerprint density at radius 3 is 2.44 bits per heavy atom. The Kier molecular flexibility index (Phi) is 7.18. The van der Waals surface area contributed by atoms with Crippen LogP contribution in [-0.2, 0) is 24.0 Å². The van der Waals surface area contributed by atoms with Crippen LogP contribution in [0.5, 0.6) is 11.5 Å². The minimum Gasteiger partial charge on any atom is -0.488 e. The normalized spacial score (nSPS) is 11.3. The van der Waals surface area contributed by atoms with Gasteiger partial charge in [0, 0.05) is 16.9 Å². The molecule has 27 heavy (non-hydrogen) atoms. The number of rotatable bonds is 7. The second kappa shape index (κ2) is 9.17. The van der Waals surface area contributed by atoms with Gasteiger partial charge in [-0.25, -0.2) is 0 Å². The summed E-state index contributed by atoms with van der Waals surface area (Å²) in [6, 6.07) is 9.19. The molecule has 0 aromatic heterocycles. The topological polar surface area (TPSA) is 35.5 Å². The van der Waals surface area contributed by atoms with Crippen molar-refractivity contribution in [1.29, 1.82) is 0 Å². The molecule has 2 rings (SSSR count). The number of carbonyl (C=O) groups is 1. The van der Waals surface area contributed by atoms with Gasteiger partial charge in [0.05, 0.1) is 5.56 Å². The van der Waals surface area contributed by atoms with Crippen LogP contribution in [-0.4, -0.2) is 12.2 Å². The molecule has 0 aliphatic carbocycles. The molecule has 2 aromatic carbocycles. The summed E-state index contributed by atoms with van der Waals surface area (Å²) in [7, 11) is 0. The second-order valence-corrected chi connectivity index (χ2v) is 6.58. The number of aryl methyl sites for hydroxylation is 1. The molecule has 0 radical (unpaired) electrons. The van der Waals surface area contributed by atoms with Crippen LogP contribution in [0.15, 0.2) is 41.3 Å². The lowest BCUT2D eigenvalue weighted by Gasteiger charge is -2.17. The Labute approximate surface area is 160 Å². The Morgan fingerprint density at radius 2 is 1.85 bits per heavy atom. The smallest absolute Gasteiger partial charge is 0.419 e. The van der Waals surface area contributed by atoms with Crippen LogP contribution >= 0.6 is 11.8 Å². The molecule has 0 spiro atoms. The summed E-state index contributed by atoms with van der Waals surface area (Å²) >= 11 is 1.40. The molecule has 0 amide bonds. The largest absolute Gasteiger partial charge is 0.488 e. The van der Waals surface area contributed by atoms with Crippen molar-refractivity contribution in [3.05, 3.63) is 53.1 Å². The summed E-state index contributed by atoms with van der Waals surface area (Å²) in [6.45, 7) is 3.32. The molecular formula is C20H21F3O3S. The standard InChI is InChI=1S/C20H21F3O3S/c1-4-13-9-10-17(15(11-13)20(21,22)23)25-12-14-16(26-19(24)5-2)7-6-8-18(14)27-3/h6-11H,4-5,12H2,1-3H3. The first-order valence-corrected chi connectivity index (χ1v) is 9.72. The van der Waals surface area contributed by atoms with E-state index in [1.807, 2.05) is 6.26 Å². The molecule has 3 nitrogen and oxygen atoms in total. The van der Waals surface area contributed by atoms with Crippen molar-refractivity contribution in [2.45, 2.75) is 44.4 Å². The van der Waals surface area contributed by atoms with E-state index in [1.54, 1.807) is 38.1 Å². The van der Waals surface area contributed by atoms with Crippen LogP contribution in [0.3, 0.4) is 0 Å². The quantitative estimate of drug-likeness (QED) is 0.331. The third-order valence-corrected chi connectivity index (χ3v) is 4.77. The lowest BCUT2D eigenvalue weighted by molar-refractivity contribution is -0.139. The fraction of sp³-hybridized carbons (Fsp3) is 0.350. The van der Waals surface area contributed by atoms with E-state index in [2.05, 4.69) is 0 Å². The molecule has 2 aromatic rings. The van der Waals surface area contributed by atoms with Gasteiger partial charge in [-0.1, -0.05) is 26.0 Å². The molecule has 7 heteroatoms. The first-order chi connectivity index (χ1) is 12.8. The fourth-order valence-electron chi connectivity index (χ4n) is 2.46. The molecule has 0 saturated heterocycles. The zero-order valence-electron chi connectivity index (χ0n) is 15.4. The third kappa shape index (κ3) is 5.42. The fourth-order valence-corrected chi connectivity index (χ4v) is 3.08. The number of ether oxygens (including phenoxy) is 2. The van der Waals surface area contributed by atoms with Crippen molar-refractivity contribution in [3.63, 3.8) is 0 Å². The molecule has 0 saturated carbocycles. The molecule has 0 N–H and O–H groups in total. The van der Waals surface area contributed by atoms with E-state index in [9.17, 15) is 18.0 Å². The maximum Gasteiger partial charge on any atom is 0.419 e. The van der Waals surface area contributed by atoms with E-state index in [0.717, 1.165) is 11.0 Å². The van der Waals surface area contributed by atoms with Gasteiger partial charge in [0.25, 0.3) is 0 Å². The molecule has 0 fully saturated rings. The average molecular weight is 398 g/mol. The van der Waals surface area contributed by atoms with Gasteiger partial charge >= 0.3 is 12.1 Å². The number of thioether (sulfide) groups is 1. The first-order valence-electron chi connectivity index (χ1n) is 8.49. The van der Waals surface area contributed by atoms with Crippen molar-refractivity contribution in [1.82, 2.24) is 0 Å². The molecule has 0 atom stereocenters. The van der Waals surface area contributed by atoms with Gasteiger partial charge in [-0.15, -0.1) is 11.8 Å². The number of halogens is 3. The van der Waals surface area contributed by atoms with Crippen molar-refractivity contribution in [3.8, 4) is 11.5 Å². The highest BCUT2D eigenvalue weighted by Crippen LogP contribution is 2.38. The van der Waals surface area contributed by atoms with Crippen LogP contribution in [0.1, 0.15) is 37.0 Å². The summed E-state index contributed by atoms with van der Waals surface area (Å²) < 4.78 is 51.0. The van der Waals surface area contributed by atoms with Gasteiger partial charge in [-0.2, -0.15) is 13.2 Å². The number of esters is 1. The summed E-state index contributed by atoms with van der Waals surface area (Å²) in [5, 5.41) is 0. The van der Waals surface area contributed by atoms with Gasteiger partial charge in [-0.05, 0) is 42.5 Å². The summed E-state index contributed by atoms with van der Waals surface area (Å²) in [5.74, 6) is -0.367. The highest BCUT2D eigenvalue weighted by molar-refractivity contribution is 7.98. The zero-order chi connectivity index (χ0) is 20.0. The Balaban J connectivity index is 2.35. The Morgan fingerprint density at radius 1 is 1.11 bits per heavy atom. The molecule has 146 valence electrons. The number of hydrogen-bond donors (Lipinski definition) is 0. The number of carbonyl (C=O) groups excluding carboxylic acids is 1. The van der Waals surface area contributed by atoms with Crippen molar-refractivity contribution >= 4 is 17.7 Å². The predicted molar refractivity (Wildman–Crippen MR) is 99.3 cm³/mol. The van der Waals surface area contributed by atoms with Crippen molar-refractivity contribution in [2.75, 3.05) is 6.26 Å². The molecule has 0 aliphatic heterocycles. The minimum absolute atomic E-state index is 0.141. The number of benzene rings is 2. The average Bonchev–Trinajstić information content (AvgIpc) is 2.65. The zero-order valence-corrected chi connectivity index (χ0v) is 16.2. The van der Waals surface area contributed by atoms with Crippen LogP contribution in [0.25, 0.3) is 0 Å². The predicted octanol–water partition coefficient (Wildman–Crippen LogP) is 5.88. The SMILES string of the molecule is CCC(=O)Oc1cccc(SC)c1COc1ccc(CC)cc1C(F)(F)F. The molecular weight excluding hydrogens is 377 g/mol. The lowest BCUT2D eigenvalue weighted by Crippen LogP contribution is -2.12. The monoisotopic (exact) mass is 398 g/mol. The highest BCUT2D eigenvalue weighted by Gasteiger charge is 2.34. The number of hydrogen-bond acceptors (Lipinski definition) is 4. The van der Waals surface area contributed by atoms with Gasteiger partial charge in [0.2, 0.25) is 0 Å². The van der Waals surface area contributed by atoms with Crippen molar-refractivity contribution in [2.24, 2.45) is 0 Å². The summed E-state index contributed by atoms with van der Waals surface area (Å²) in [6.07, 6.45) is -1.99. The molecule has 0 heterocycles. The van der Waals surface area contributed by atoms with Gasteiger partial charge in [-0.3, -0.25) is 4.79 Å². The van der Waals surface area contributed by atoms with Crippen LogP contribution in [0.2, 0.25) is 0 Å². The van der Waals surface area contributed by atoms with E-state index < -0.39 is 17.7 Å². The van der Waals surface area contributed by atoms with E-state index in [1.165, 1.54) is 17.8 Å². The number of alkyl halides is 3. The maximum atomic E-state index is 13.4. The lowest BCUT2D eigenvalue weighted by atomic mass is 10.1. The van der Waals surface area contributed by atoms with Gasteiger partial charge in [0.15, 0.2) is 0 Å². The maximum absolute atomic E-state index is 13.4. The molecule has 0 aliphatic rings. The molecule has 0 bridgehead atoms. The van der Waals surface area contributed by atoms with Gasteiger partial charge in [0.1, 0.15) is 18.1 Å². The highest BCUT2D eigenvalue weighted by atomic mass is 32.2.